The van der Waals surface area contributed by atoms with Crippen LogP contribution in [0.15, 0.2) is 35.4 Å². The van der Waals surface area contributed by atoms with Crippen molar-refractivity contribution in [2.24, 2.45) is 5.92 Å². The van der Waals surface area contributed by atoms with Crippen molar-refractivity contribution in [1.82, 2.24) is 9.55 Å². The molecule has 1 amide bonds. The van der Waals surface area contributed by atoms with Gasteiger partial charge in [-0.1, -0.05) is 6.92 Å². The minimum atomic E-state index is -0.725. The highest BCUT2D eigenvalue weighted by atomic mass is 32.1. The monoisotopic (exact) mass is 385 g/mol. The molecule has 27 heavy (non-hydrogen) atoms. The number of hydrogen-bond acceptors (Lipinski definition) is 4. The third kappa shape index (κ3) is 3.27. The Balaban J connectivity index is 1.66. The lowest BCUT2D eigenvalue weighted by molar-refractivity contribution is -0.118. The number of rotatable bonds is 3. The molecule has 0 spiro atoms. The van der Waals surface area contributed by atoms with Gasteiger partial charge in [0.15, 0.2) is 0 Å². The summed E-state index contributed by atoms with van der Waals surface area (Å²) >= 11 is 1.59. The molecule has 1 aliphatic rings. The molecule has 2 heterocycles. The maximum Gasteiger partial charge on any atom is 0.263 e. The van der Waals surface area contributed by atoms with E-state index >= 15 is 0 Å². The van der Waals surface area contributed by atoms with Crippen molar-refractivity contribution in [3.63, 3.8) is 0 Å². The van der Waals surface area contributed by atoms with Gasteiger partial charge in [-0.25, -0.2) is 9.37 Å². The van der Waals surface area contributed by atoms with Crippen LogP contribution in [0.1, 0.15) is 36.8 Å². The standard InChI is InChI=1S/C20H20FN3O2S/c1-11-3-8-15-16(9-11)27-19-17(15)20(26)24(10-22-19)12(2)18(25)23-14-6-4-13(21)5-7-14/h4-7,10-12H,3,8-9H2,1-2H3,(H,23,25). The summed E-state index contributed by atoms with van der Waals surface area (Å²) in [5.41, 5.74) is 1.41. The van der Waals surface area contributed by atoms with E-state index in [2.05, 4.69) is 17.2 Å². The third-order valence-electron chi connectivity index (χ3n) is 5.15. The van der Waals surface area contributed by atoms with Gasteiger partial charge in [0.25, 0.3) is 5.56 Å². The van der Waals surface area contributed by atoms with Crippen molar-refractivity contribution >= 4 is 33.1 Å². The molecule has 5 nitrogen and oxygen atoms in total. The number of carbonyl (C=O) groups is 1. The quantitative estimate of drug-likeness (QED) is 0.743. The van der Waals surface area contributed by atoms with Gasteiger partial charge in [0.1, 0.15) is 16.7 Å². The Labute approximate surface area is 159 Å². The Morgan fingerprint density at radius 1 is 1.37 bits per heavy atom. The number of benzene rings is 1. The number of thiophene rings is 1. The zero-order chi connectivity index (χ0) is 19.1. The number of carbonyl (C=O) groups excluding carboxylic acids is 1. The van der Waals surface area contributed by atoms with Crippen molar-refractivity contribution < 1.29 is 9.18 Å². The first-order chi connectivity index (χ1) is 12.9. The van der Waals surface area contributed by atoms with Gasteiger partial charge in [-0.2, -0.15) is 0 Å². The van der Waals surface area contributed by atoms with Crippen molar-refractivity contribution in [2.75, 3.05) is 5.32 Å². The van der Waals surface area contributed by atoms with Crippen molar-refractivity contribution in [1.29, 1.82) is 0 Å². The second-order valence-electron chi connectivity index (χ2n) is 7.16. The smallest absolute Gasteiger partial charge is 0.263 e. The van der Waals surface area contributed by atoms with Gasteiger partial charge in [-0.05, 0) is 61.9 Å². The van der Waals surface area contributed by atoms with Gasteiger partial charge in [-0.15, -0.1) is 11.3 Å². The van der Waals surface area contributed by atoms with Crippen molar-refractivity contribution in [2.45, 2.75) is 39.2 Å². The summed E-state index contributed by atoms with van der Waals surface area (Å²) in [6, 6.07) is 4.80. The Bertz CT molecular complexity index is 1070. The van der Waals surface area contributed by atoms with Crippen LogP contribution in [0.25, 0.3) is 10.2 Å². The fraction of sp³-hybridized carbons (Fsp3) is 0.350. The Hall–Kier alpha value is -2.54. The minimum Gasteiger partial charge on any atom is -0.324 e. The largest absolute Gasteiger partial charge is 0.324 e. The molecular formula is C20H20FN3O2S. The van der Waals surface area contributed by atoms with Crippen molar-refractivity contribution in [3.8, 4) is 0 Å². The Morgan fingerprint density at radius 2 is 2.11 bits per heavy atom. The van der Waals surface area contributed by atoms with E-state index in [0.717, 1.165) is 29.7 Å². The number of anilines is 1. The molecule has 0 aliphatic heterocycles. The lowest BCUT2D eigenvalue weighted by atomic mass is 9.89. The first-order valence-corrected chi connectivity index (χ1v) is 9.83. The second-order valence-corrected chi connectivity index (χ2v) is 8.24. The lowest BCUT2D eigenvalue weighted by Crippen LogP contribution is -2.32. The summed E-state index contributed by atoms with van der Waals surface area (Å²) in [4.78, 5) is 32.1. The van der Waals surface area contributed by atoms with Gasteiger partial charge in [0.05, 0.1) is 11.7 Å². The molecule has 2 unspecified atom stereocenters. The molecule has 2 atom stereocenters. The number of hydrogen-bond donors (Lipinski definition) is 1. The Kier molecular flexibility index (Phi) is 4.55. The summed E-state index contributed by atoms with van der Waals surface area (Å²) < 4.78 is 14.4. The Morgan fingerprint density at radius 3 is 2.85 bits per heavy atom. The fourth-order valence-corrected chi connectivity index (χ4v) is 4.87. The normalized spacial score (nSPS) is 17.5. The SMILES string of the molecule is CC1CCc2c(sc3ncn(C(C)C(=O)Nc4ccc(F)cc4)c(=O)c23)C1. The van der Waals surface area contributed by atoms with E-state index in [9.17, 15) is 14.0 Å². The summed E-state index contributed by atoms with van der Waals surface area (Å²) in [5.74, 6) is -0.0979. The molecule has 0 radical (unpaired) electrons. The molecule has 0 fully saturated rings. The maximum absolute atomic E-state index is 13.1. The molecule has 4 rings (SSSR count). The highest BCUT2D eigenvalue weighted by Crippen LogP contribution is 2.35. The molecular weight excluding hydrogens is 365 g/mol. The predicted molar refractivity (Wildman–Crippen MR) is 105 cm³/mol. The van der Waals surface area contributed by atoms with Crippen LogP contribution in [0.4, 0.5) is 10.1 Å². The molecule has 1 aliphatic carbocycles. The zero-order valence-corrected chi connectivity index (χ0v) is 16.0. The van der Waals surface area contributed by atoms with Crippen LogP contribution < -0.4 is 10.9 Å². The molecule has 0 bridgehead atoms. The highest BCUT2D eigenvalue weighted by molar-refractivity contribution is 7.18. The number of amides is 1. The lowest BCUT2D eigenvalue weighted by Gasteiger charge is -2.18. The third-order valence-corrected chi connectivity index (χ3v) is 6.31. The average Bonchev–Trinajstić information content (AvgIpc) is 3.01. The fourth-order valence-electron chi connectivity index (χ4n) is 3.53. The average molecular weight is 385 g/mol. The highest BCUT2D eigenvalue weighted by Gasteiger charge is 2.25. The molecule has 1 aromatic carbocycles. The molecule has 2 aromatic heterocycles. The summed E-state index contributed by atoms with van der Waals surface area (Å²) in [6.45, 7) is 3.88. The summed E-state index contributed by atoms with van der Waals surface area (Å²) in [5, 5.41) is 3.37. The summed E-state index contributed by atoms with van der Waals surface area (Å²) in [6.07, 6.45) is 4.38. The minimum absolute atomic E-state index is 0.172. The molecule has 0 saturated carbocycles. The van der Waals surface area contributed by atoms with E-state index in [1.165, 1.54) is 40.0 Å². The molecule has 1 N–H and O–H groups in total. The first kappa shape index (κ1) is 17.9. The van der Waals surface area contributed by atoms with Gasteiger partial charge < -0.3 is 5.32 Å². The molecule has 0 saturated heterocycles. The number of halogens is 1. The summed E-state index contributed by atoms with van der Waals surface area (Å²) in [7, 11) is 0. The molecule has 3 aromatic rings. The van der Waals surface area contributed by atoms with E-state index in [1.54, 1.807) is 18.3 Å². The predicted octanol–water partition coefficient (Wildman–Crippen LogP) is 3.92. The number of nitrogens with one attached hydrogen (secondary N) is 1. The van der Waals surface area contributed by atoms with Crippen LogP contribution in [0.5, 0.6) is 0 Å². The van der Waals surface area contributed by atoms with Crippen LogP contribution >= 0.6 is 11.3 Å². The van der Waals surface area contributed by atoms with Gasteiger partial charge >= 0.3 is 0 Å². The van der Waals surface area contributed by atoms with Crippen molar-refractivity contribution in [3.05, 3.63) is 57.2 Å². The van der Waals surface area contributed by atoms with E-state index in [4.69, 9.17) is 0 Å². The van der Waals surface area contributed by atoms with Crippen LogP contribution in [0.2, 0.25) is 0 Å². The van der Waals surface area contributed by atoms with Crippen LogP contribution in [0, 0.1) is 11.7 Å². The van der Waals surface area contributed by atoms with E-state index in [0.29, 0.717) is 17.0 Å². The number of fused-ring (bicyclic) bond motifs is 3. The van der Waals surface area contributed by atoms with Gasteiger partial charge in [-0.3, -0.25) is 14.2 Å². The zero-order valence-electron chi connectivity index (χ0n) is 15.2. The number of nitrogens with zero attached hydrogens (tertiary/aromatic N) is 2. The second kappa shape index (κ2) is 6.88. The maximum atomic E-state index is 13.1. The van der Waals surface area contributed by atoms with Crippen LogP contribution in [-0.2, 0) is 17.6 Å². The van der Waals surface area contributed by atoms with Crippen LogP contribution in [0.3, 0.4) is 0 Å². The van der Waals surface area contributed by atoms with Gasteiger partial charge in [0, 0.05) is 10.6 Å². The number of aryl methyl sites for hydroxylation is 1. The topological polar surface area (TPSA) is 64.0 Å². The van der Waals surface area contributed by atoms with E-state index in [-0.39, 0.29) is 17.3 Å². The van der Waals surface area contributed by atoms with Crippen LogP contribution in [-0.4, -0.2) is 15.5 Å². The first-order valence-electron chi connectivity index (χ1n) is 9.02. The molecule has 140 valence electrons. The molecule has 7 heteroatoms. The van der Waals surface area contributed by atoms with E-state index < -0.39 is 6.04 Å². The van der Waals surface area contributed by atoms with E-state index in [1.807, 2.05) is 0 Å². The number of aromatic nitrogens is 2. The van der Waals surface area contributed by atoms with Gasteiger partial charge in [0.2, 0.25) is 5.91 Å².